The summed E-state index contributed by atoms with van der Waals surface area (Å²) in [5, 5.41) is 21.5. The van der Waals surface area contributed by atoms with Crippen LogP contribution in [0.2, 0.25) is 0 Å². The Morgan fingerprint density at radius 1 is 1.03 bits per heavy atom. The van der Waals surface area contributed by atoms with Crippen LogP contribution in [0.25, 0.3) is 0 Å². The molecule has 4 saturated carbocycles. The number of methoxy groups -OCH3 is 1. The first kappa shape index (κ1) is 21.6. The molecule has 0 radical (unpaired) electrons. The molecule has 2 N–H and O–H groups in total. The first-order valence-electron chi connectivity index (χ1n) is 12.1. The number of carbonyl (C=O) groups is 1. The number of rotatable bonds is 4. The molecule has 0 aromatic carbocycles. The highest BCUT2D eigenvalue weighted by Crippen LogP contribution is 2.68. The van der Waals surface area contributed by atoms with E-state index in [9.17, 15) is 15.0 Å². The third-order valence-electron chi connectivity index (χ3n) is 10.4. The van der Waals surface area contributed by atoms with Gasteiger partial charge in [-0.05, 0) is 104 Å². The molecule has 166 valence electrons. The molecule has 10 atom stereocenters. The fourth-order valence-electron chi connectivity index (χ4n) is 8.82. The van der Waals surface area contributed by atoms with Gasteiger partial charge in [0.1, 0.15) is 0 Å². The highest BCUT2D eigenvalue weighted by Gasteiger charge is 2.62. The van der Waals surface area contributed by atoms with E-state index >= 15 is 0 Å². The standard InChI is InChI=1S/C25H42O4/c1-15(5-8-22(28)29-4)18-6-7-19-23-20(10-12-25(18,19)3)24(2)11-9-17(26)13-16(24)14-21(23)27/h15-21,23,26-27H,5-14H2,1-4H3/t15?,16-,17+,18?,19?,20?,21-,23?,24-,25+/m0/s1. The third kappa shape index (κ3) is 3.46. The Morgan fingerprint density at radius 2 is 1.72 bits per heavy atom. The van der Waals surface area contributed by atoms with E-state index in [0.29, 0.717) is 47.3 Å². The number of hydrogen-bond donors (Lipinski definition) is 2. The monoisotopic (exact) mass is 406 g/mol. The number of carbonyl (C=O) groups excluding carboxylic acids is 1. The number of aliphatic hydroxyl groups is 2. The largest absolute Gasteiger partial charge is 0.469 e. The van der Waals surface area contributed by atoms with Crippen molar-refractivity contribution in [3.05, 3.63) is 0 Å². The number of aliphatic hydroxyl groups excluding tert-OH is 2. The van der Waals surface area contributed by atoms with Crippen molar-refractivity contribution < 1.29 is 19.7 Å². The maximum atomic E-state index is 11.6. The van der Waals surface area contributed by atoms with Gasteiger partial charge in [-0.15, -0.1) is 0 Å². The van der Waals surface area contributed by atoms with Crippen LogP contribution in [0.4, 0.5) is 0 Å². The predicted molar refractivity (Wildman–Crippen MR) is 113 cm³/mol. The summed E-state index contributed by atoms with van der Waals surface area (Å²) in [7, 11) is 1.48. The SMILES string of the molecule is COC(=O)CCC(C)C1CCC2C3C(CC[C@]12C)[C@@]1(C)CC[C@@H](O)C[C@H]1C[C@@H]3O. The Bertz CT molecular complexity index is 620. The smallest absolute Gasteiger partial charge is 0.305 e. The van der Waals surface area contributed by atoms with Crippen molar-refractivity contribution in [3.8, 4) is 0 Å². The zero-order valence-electron chi connectivity index (χ0n) is 18.9. The van der Waals surface area contributed by atoms with Crippen LogP contribution in [0.3, 0.4) is 0 Å². The quantitative estimate of drug-likeness (QED) is 0.671. The number of ether oxygens (including phenoxy) is 1. The van der Waals surface area contributed by atoms with Gasteiger partial charge in [-0.1, -0.05) is 20.8 Å². The van der Waals surface area contributed by atoms with E-state index in [1.165, 1.54) is 32.8 Å². The van der Waals surface area contributed by atoms with Crippen molar-refractivity contribution >= 4 is 5.97 Å². The molecule has 0 spiro atoms. The maximum absolute atomic E-state index is 11.6. The minimum absolute atomic E-state index is 0.0959. The Balaban J connectivity index is 1.53. The van der Waals surface area contributed by atoms with E-state index < -0.39 is 0 Å². The highest BCUT2D eigenvalue weighted by atomic mass is 16.5. The minimum Gasteiger partial charge on any atom is -0.469 e. The molecule has 0 heterocycles. The fraction of sp³-hybridized carbons (Fsp3) is 0.960. The second-order valence-electron chi connectivity index (χ2n) is 11.5. The minimum atomic E-state index is -0.211. The summed E-state index contributed by atoms with van der Waals surface area (Å²) in [5.74, 6) is 3.17. The topological polar surface area (TPSA) is 66.8 Å². The van der Waals surface area contributed by atoms with Gasteiger partial charge in [0, 0.05) is 6.42 Å². The first-order chi connectivity index (χ1) is 13.7. The number of fused-ring (bicyclic) bond motifs is 5. The molecule has 0 aromatic heterocycles. The van der Waals surface area contributed by atoms with Gasteiger partial charge >= 0.3 is 5.97 Å². The zero-order chi connectivity index (χ0) is 21.0. The molecule has 4 aliphatic rings. The fourth-order valence-corrected chi connectivity index (χ4v) is 8.82. The van der Waals surface area contributed by atoms with Gasteiger partial charge in [-0.25, -0.2) is 0 Å². The molecule has 5 unspecified atom stereocenters. The lowest BCUT2D eigenvalue weighted by Crippen LogP contribution is -2.58. The molecule has 0 bridgehead atoms. The first-order valence-corrected chi connectivity index (χ1v) is 12.1. The summed E-state index contributed by atoms with van der Waals surface area (Å²) in [5.41, 5.74) is 0.577. The number of esters is 1. The van der Waals surface area contributed by atoms with E-state index in [-0.39, 0.29) is 23.6 Å². The Morgan fingerprint density at radius 3 is 2.45 bits per heavy atom. The van der Waals surface area contributed by atoms with Crippen LogP contribution in [0, 0.1) is 46.3 Å². The van der Waals surface area contributed by atoms with Crippen molar-refractivity contribution in [2.24, 2.45) is 46.3 Å². The molecular weight excluding hydrogens is 364 g/mol. The van der Waals surface area contributed by atoms with Crippen LogP contribution in [0.5, 0.6) is 0 Å². The lowest BCUT2D eigenvalue weighted by Gasteiger charge is -2.62. The molecule has 4 fully saturated rings. The van der Waals surface area contributed by atoms with Crippen molar-refractivity contribution in [1.82, 2.24) is 0 Å². The second-order valence-corrected chi connectivity index (χ2v) is 11.5. The van der Waals surface area contributed by atoms with Gasteiger partial charge < -0.3 is 14.9 Å². The molecule has 0 aromatic rings. The van der Waals surface area contributed by atoms with Crippen LogP contribution in [0.1, 0.15) is 85.0 Å². The van der Waals surface area contributed by atoms with Crippen LogP contribution < -0.4 is 0 Å². The molecule has 0 aliphatic heterocycles. The molecule has 29 heavy (non-hydrogen) atoms. The van der Waals surface area contributed by atoms with Gasteiger partial charge in [0.25, 0.3) is 0 Å². The van der Waals surface area contributed by atoms with E-state index in [4.69, 9.17) is 4.74 Å². The Kier molecular flexibility index (Phi) is 5.83. The lowest BCUT2D eigenvalue weighted by molar-refractivity contribution is -0.174. The Hall–Kier alpha value is -0.610. The van der Waals surface area contributed by atoms with Crippen molar-refractivity contribution in [2.45, 2.75) is 97.2 Å². The maximum Gasteiger partial charge on any atom is 0.305 e. The predicted octanol–water partition coefficient (Wildman–Crippen LogP) is 4.57. The van der Waals surface area contributed by atoms with Gasteiger partial charge in [0.05, 0.1) is 19.3 Å². The molecule has 0 saturated heterocycles. The molecular formula is C25H42O4. The molecule has 0 amide bonds. The van der Waals surface area contributed by atoms with Crippen LogP contribution in [-0.2, 0) is 9.53 Å². The molecule has 4 heteroatoms. The lowest BCUT2D eigenvalue weighted by atomic mass is 9.43. The summed E-state index contributed by atoms with van der Waals surface area (Å²) in [6.07, 6.45) is 9.80. The zero-order valence-corrected chi connectivity index (χ0v) is 18.9. The molecule has 4 nitrogen and oxygen atoms in total. The van der Waals surface area contributed by atoms with Crippen molar-refractivity contribution in [1.29, 1.82) is 0 Å². The van der Waals surface area contributed by atoms with Crippen molar-refractivity contribution in [3.63, 3.8) is 0 Å². The summed E-state index contributed by atoms with van der Waals surface area (Å²) in [4.78, 5) is 11.6. The van der Waals surface area contributed by atoms with E-state index in [2.05, 4.69) is 20.8 Å². The van der Waals surface area contributed by atoms with Gasteiger partial charge in [0.15, 0.2) is 0 Å². The summed E-state index contributed by atoms with van der Waals surface area (Å²) < 4.78 is 4.86. The molecule has 4 rings (SSSR count). The average molecular weight is 407 g/mol. The third-order valence-corrected chi connectivity index (χ3v) is 10.4. The van der Waals surface area contributed by atoms with Crippen LogP contribution in [0.15, 0.2) is 0 Å². The van der Waals surface area contributed by atoms with E-state index in [1.54, 1.807) is 0 Å². The van der Waals surface area contributed by atoms with Crippen LogP contribution >= 0.6 is 0 Å². The van der Waals surface area contributed by atoms with E-state index in [0.717, 1.165) is 32.1 Å². The molecule has 4 aliphatic carbocycles. The normalized spacial score (nSPS) is 50.2. The number of hydrogen-bond acceptors (Lipinski definition) is 4. The van der Waals surface area contributed by atoms with Crippen molar-refractivity contribution in [2.75, 3.05) is 7.11 Å². The summed E-state index contributed by atoms with van der Waals surface area (Å²) >= 11 is 0. The van der Waals surface area contributed by atoms with Gasteiger partial charge in [-0.2, -0.15) is 0 Å². The average Bonchev–Trinajstić information content (AvgIpc) is 3.04. The van der Waals surface area contributed by atoms with Gasteiger partial charge in [0.2, 0.25) is 0 Å². The highest BCUT2D eigenvalue weighted by molar-refractivity contribution is 5.69. The second kappa shape index (κ2) is 7.82. The van der Waals surface area contributed by atoms with E-state index in [1.807, 2.05) is 0 Å². The Labute approximate surface area is 176 Å². The van der Waals surface area contributed by atoms with Gasteiger partial charge in [-0.3, -0.25) is 4.79 Å². The summed E-state index contributed by atoms with van der Waals surface area (Å²) in [6, 6.07) is 0. The summed E-state index contributed by atoms with van der Waals surface area (Å²) in [6.45, 7) is 7.29. The van der Waals surface area contributed by atoms with Crippen LogP contribution in [-0.4, -0.2) is 35.5 Å².